The van der Waals surface area contributed by atoms with Crippen molar-refractivity contribution in [1.29, 1.82) is 0 Å². The second-order valence-electron chi connectivity index (χ2n) is 8.29. The number of ketones is 1. The summed E-state index contributed by atoms with van der Waals surface area (Å²) < 4.78 is 6.59. The molecule has 4 aromatic rings. The van der Waals surface area contributed by atoms with E-state index < -0.39 is 0 Å². The number of rotatable bonds is 11. The zero-order valence-electron chi connectivity index (χ0n) is 19.1. The molecular weight excluding hydrogens is 506 g/mol. The number of furan rings is 1. The van der Waals surface area contributed by atoms with Crippen molar-refractivity contribution < 1.29 is 19.2 Å². The standard InChI is InChI=1S/C29H26BrNO4/c30-24-13-14-27(32)23(18-24)19-31-35-20-28(33)25(16-21-8-3-1-4-9-21)26(29-12-7-15-34-29)17-22-10-5-2-6-11-22/h1-15,18-19,25-26,32H,16-17,20H2/b31-19+. The largest absolute Gasteiger partial charge is 0.507 e. The second-order valence-corrected chi connectivity index (χ2v) is 9.20. The van der Waals surface area contributed by atoms with Crippen LogP contribution >= 0.6 is 15.9 Å². The van der Waals surface area contributed by atoms with Crippen LogP contribution in [-0.2, 0) is 22.5 Å². The number of Topliss-reactive ketones (excluding diaryl/α,β-unsaturated/α-hetero) is 1. The summed E-state index contributed by atoms with van der Waals surface area (Å²) in [5, 5.41) is 13.9. The van der Waals surface area contributed by atoms with Crippen LogP contribution in [0.15, 0.2) is 111 Å². The number of hydrogen-bond acceptors (Lipinski definition) is 5. The Kier molecular flexibility index (Phi) is 8.52. The number of phenols is 1. The number of halogens is 1. The third-order valence-electron chi connectivity index (χ3n) is 5.87. The molecule has 6 heteroatoms. The van der Waals surface area contributed by atoms with Crippen molar-refractivity contribution in [2.24, 2.45) is 11.1 Å². The first kappa shape index (κ1) is 24.5. The molecule has 0 amide bonds. The van der Waals surface area contributed by atoms with Gasteiger partial charge in [0.15, 0.2) is 12.4 Å². The number of phenolic OH excluding ortho intramolecular Hbond substituents is 1. The molecule has 1 heterocycles. The van der Waals surface area contributed by atoms with Crippen LogP contribution in [0, 0.1) is 5.92 Å². The van der Waals surface area contributed by atoms with Gasteiger partial charge in [-0.3, -0.25) is 4.79 Å². The van der Waals surface area contributed by atoms with Gasteiger partial charge >= 0.3 is 0 Å². The molecule has 5 nitrogen and oxygen atoms in total. The third kappa shape index (κ3) is 6.93. The van der Waals surface area contributed by atoms with E-state index in [1.54, 1.807) is 24.5 Å². The molecule has 178 valence electrons. The van der Waals surface area contributed by atoms with Crippen LogP contribution in [0.3, 0.4) is 0 Å². The van der Waals surface area contributed by atoms with Gasteiger partial charge in [-0.15, -0.1) is 0 Å². The number of oxime groups is 1. The van der Waals surface area contributed by atoms with E-state index in [0.29, 0.717) is 18.4 Å². The summed E-state index contributed by atoms with van der Waals surface area (Å²) in [6.45, 7) is -0.186. The molecule has 2 unspecified atom stereocenters. The molecule has 0 aliphatic heterocycles. The molecule has 0 aliphatic rings. The van der Waals surface area contributed by atoms with Gasteiger partial charge < -0.3 is 14.4 Å². The molecular formula is C29H26BrNO4. The Labute approximate surface area is 213 Å². The van der Waals surface area contributed by atoms with Gasteiger partial charge in [0, 0.05) is 21.9 Å². The molecule has 0 saturated carbocycles. The fourth-order valence-corrected chi connectivity index (χ4v) is 4.47. The van der Waals surface area contributed by atoms with Crippen LogP contribution in [0.2, 0.25) is 0 Å². The highest BCUT2D eigenvalue weighted by Gasteiger charge is 2.32. The van der Waals surface area contributed by atoms with Crippen LogP contribution in [0.25, 0.3) is 0 Å². The van der Waals surface area contributed by atoms with Gasteiger partial charge in [-0.25, -0.2) is 0 Å². The fraction of sp³-hybridized carbons (Fsp3) is 0.172. The lowest BCUT2D eigenvalue weighted by molar-refractivity contribution is -0.128. The number of carbonyl (C=O) groups excluding carboxylic acids is 1. The monoisotopic (exact) mass is 531 g/mol. The molecule has 4 rings (SSSR count). The van der Waals surface area contributed by atoms with E-state index in [4.69, 9.17) is 9.25 Å². The van der Waals surface area contributed by atoms with Gasteiger partial charge in [0.1, 0.15) is 11.5 Å². The van der Waals surface area contributed by atoms with Crippen molar-refractivity contribution in [3.05, 3.63) is 124 Å². The van der Waals surface area contributed by atoms with Crippen molar-refractivity contribution in [3.63, 3.8) is 0 Å². The van der Waals surface area contributed by atoms with Crippen molar-refractivity contribution in [3.8, 4) is 5.75 Å². The van der Waals surface area contributed by atoms with E-state index in [1.807, 2.05) is 60.7 Å². The van der Waals surface area contributed by atoms with Crippen molar-refractivity contribution in [2.75, 3.05) is 6.61 Å². The topological polar surface area (TPSA) is 72.0 Å². The number of hydrogen-bond donors (Lipinski definition) is 1. The lowest BCUT2D eigenvalue weighted by Gasteiger charge is -2.25. The van der Waals surface area contributed by atoms with Crippen LogP contribution in [0.5, 0.6) is 5.75 Å². The van der Waals surface area contributed by atoms with Crippen molar-refractivity contribution >= 4 is 27.9 Å². The first-order chi connectivity index (χ1) is 17.1. The molecule has 0 spiro atoms. The highest BCUT2D eigenvalue weighted by atomic mass is 79.9. The summed E-state index contributed by atoms with van der Waals surface area (Å²) >= 11 is 3.36. The van der Waals surface area contributed by atoms with Gasteiger partial charge in [-0.1, -0.05) is 81.7 Å². The number of carbonyl (C=O) groups is 1. The summed E-state index contributed by atoms with van der Waals surface area (Å²) in [6, 6.07) is 28.8. The van der Waals surface area contributed by atoms with Crippen molar-refractivity contribution in [2.45, 2.75) is 18.8 Å². The summed E-state index contributed by atoms with van der Waals surface area (Å²) in [5.74, 6) is 0.238. The Morgan fingerprint density at radius 2 is 1.63 bits per heavy atom. The average Bonchev–Trinajstić information content (AvgIpc) is 3.42. The van der Waals surface area contributed by atoms with E-state index in [0.717, 1.165) is 21.4 Å². The van der Waals surface area contributed by atoms with Gasteiger partial charge in [-0.05, 0) is 54.3 Å². The van der Waals surface area contributed by atoms with E-state index in [2.05, 4.69) is 33.2 Å². The minimum absolute atomic E-state index is 0.0678. The SMILES string of the molecule is O=C(CO/N=C/c1cc(Br)ccc1O)C(Cc1ccccc1)C(Cc1ccccc1)c1ccco1. The van der Waals surface area contributed by atoms with Gasteiger partial charge in [0.2, 0.25) is 0 Å². The Morgan fingerprint density at radius 3 is 2.29 bits per heavy atom. The van der Waals surface area contributed by atoms with Crippen LogP contribution in [0.4, 0.5) is 0 Å². The van der Waals surface area contributed by atoms with Gasteiger partial charge in [0.05, 0.1) is 12.5 Å². The Bertz CT molecular complexity index is 1240. The fourth-order valence-electron chi connectivity index (χ4n) is 4.09. The summed E-state index contributed by atoms with van der Waals surface area (Å²) in [7, 11) is 0. The molecule has 0 saturated heterocycles. The van der Waals surface area contributed by atoms with Crippen LogP contribution in [-0.4, -0.2) is 23.7 Å². The first-order valence-corrected chi connectivity index (χ1v) is 12.2. The smallest absolute Gasteiger partial charge is 0.177 e. The Balaban J connectivity index is 1.55. The average molecular weight is 532 g/mol. The number of aromatic hydroxyl groups is 1. The highest BCUT2D eigenvalue weighted by molar-refractivity contribution is 9.10. The highest BCUT2D eigenvalue weighted by Crippen LogP contribution is 2.33. The zero-order valence-corrected chi connectivity index (χ0v) is 20.7. The van der Waals surface area contributed by atoms with E-state index in [9.17, 15) is 9.90 Å². The summed E-state index contributed by atoms with van der Waals surface area (Å²) in [5.41, 5.74) is 2.69. The molecule has 35 heavy (non-hydrogen) atoms. The third-order valence-corrected chi connectivity index (χ3v) is 6.36. The lowest BCUT2D eigenvalue weighted by Crippen LogP contribution is -2.29. The maximum Gasteiger partial charge on any atom is 0.177 e. The maximum atomic E-state index is 13.5. The van der Waals surface area contributed by atoms with Crippen LogP contribution in [0.1, 0.15) is 28.4 Å². The molecule has 0 bridgehead atoms. The molecule has 0 radical (unpaired) electrons. The number of benzene rings is 3. The van der Waals surface area contributed by atoms with E-state index >= 15 is 0 Å². The number of nitrogens with zero attached hydrogens (tertiary/aromatic N) is 1. The van der Waals surface area contributed by atoms with Gasteiger partial charge in [-0.2, -0.15) is 0 Å². The molecule has 0 fully saturated rings. The van der Waals surface area contributed by atoms with E-state index in [1.165, 1.54) is 6.21 Å². The minimum atomic E-state index is -0.377. The molecule has 1 aromatic heterocycles. The second kappa shape index (κ2) is 12.2. The lowest BCUT2D eigenvalue weighted by atomic mass is 9.79. The summed E-state index contributed by atoms with van der Waals surface area (Å²) in [4.78, 5) is 18.9. The Morgan fingerprint density at radius 1 is 0.943 bits per heavy atom. The molecule has 0 aliphatic carbocycles. The maximum absolute atomic E-state index is 13.5. The van der Waals surface area contributed by atoms with Gasteiger partial charge in [0.25, 0.3) is 0 Å². The quantitative estimate of drug-likeness (QED) is 0.176. The zero-order chi connectivity index (χ0) is 24.5. The predicted octanol–water partition coefficient (Wildman–Crippen LogP) is 6.55. The summed E-state index contributed by atoms with van der Waals surface area (Å²) in [6.07, 6.45) is 4.25. The van der Waals surface area contributed by atoms with Crippen molar-refractivity contribution in [1.82, 2.24) is 0 Å². The molecule has 1 N–H and O–H groups in total. The normalized spacial score (nSPS) is 12.9. The molecule has 2 atom stereocenters. The van der Waals surface area contributed by atoms with Crippen LogP contribution < -0.4 is 0 Å². The first-order valence-electron chi connectivity index (χ1n) is 11.4. The predicted molar refractivity (Wildman–Crippen MR) is 140 cm³/mol. The molecule has 3 aromatic carbocycles. The van der Waals surface area contributed by atoms with E-state index in [-0.39, 0.29) is 30.0 Å². The minimum Gasteiger partial charge on any atom is -0.507 e. The Hall–Kier alpha value is -3.64.